The minimum absolute atomic E-state index is 0.396. The van der Waals surface area contributed by atoms with Crippen molar-refractivity contribution >= 4 is 5.97 Å². The topological polar surface area (TPSA) is 63.3 Å². The Kier molecular flexibility index (Phi) is 3.65. The van der Waals surface area contributed by atoms with E-state index in [1.807, 2.05) is 6.92 Å². The van der Waals surface area contributed by atoms with Gasteiger partial charge in [-0.1, -0.05) is 13.0 Å². The number of rotatable bonds is 3. The second-order valence-corrected chi connectivity index (χ2v) is 4.06. The van der Waals surface area contributed by atoms with Crippen molar-refractivity contribution < 1.29 is 14.3 Å². The van der Waals surface area contributed by atoms with Crippen molar-refractivity contribution in [2.24, 2.45) is 5.73 Å². The fourth-order valence-electron chi connectivity index (χ4n) is 1.76. The van der Waals surface area contributed by atoms with Gasteiger partial charge in [-0.2, -0.15) is 0 Å². The lowest BCUT2D eigenvalue weighted by Crippen LogP contribution is -2.36. The molecule has 0 spiro atoms. The molecule has 0 aromatic heterocycles. The van der Waals surface area contributed by atoms with Crippen molar-refractivity contribution in [3.8, 4) is 0 Å². The maximum absolute atomic E-state index is 13.7. The Hall–Kier alpha value is -1.42. The molecule has 88 valence electrons. The first kappa shape index (κ1) is 12.6. The van der Waals surface area contributed by atoms with Crippen LogP contribution < -0.4 is 5.73 Å². The van der Waals surface area contributed by atoms with Crippen LogP contribution in [0.25, 0.3) is 0 Å². The summed E-state index contributed by atoms with van der Waals surface area (Å²) in [6.45, 7) is 5.26. The van der Waals surface area contributed by atoms with E-state index in [4.69, 9.17) is 10.8 Å². The zero-order chi connectivity index (χ0) is 12.5. The van der Waals surface area contributed by atoms with Crippen LogP contribution in [0.2, 0.25) is 0 Å². The lowest BCUT2D eigenvalue weighted by atomic mass is 9.88. The zero-order valence-corrected chi connectivity index (χ0v) is 9.62. The largest absolute Gasteiger partial charge is 0.480 e. The highest BCUT2D eigenvalue weighted by molar-refractivity contribution is 5.74. The normalized spacial score (nSPS) is 14.6. The van der Waals surface area contributed by atoms with Gasteiger partial charge in [-0.25, -0.2) is 4.39 Å². The SMILES string of the molecule is Cc1ccc(F)c([C@H](C)[C@@H](N)C(=O)O)c1C. The Labute approximate surface area is 94.1 Å². The number of aryl methyl sites for hydroxylation is 1. The van der Waals surface area contributed by atoms with Crippen molar-refractivity contribution in [1.29, 1.82) is 0 Å². The number of benzene rings is 1. The van der Waals surface area contributed by atoms with Crippen LogP contribution in [0.15, 0.2) is 12.1 Å². The molecule has 0 radical (unpaired) electrons. The number of hydrogen-bond donors (Lipinski definition) is 2. The van der Waals surface area contributed by atoms with E-state index in [0.29, 0.717) is 5.56 Å². The van der Waals surface area contributed by atoms with Crippen molar-refractivity contribution in [3.05, 3.63) is 34.6 Å². The number of aliphatic carboxylic acids is 1. The molecule has 0 aliphatic heterocycles. The van der Waals surface area contributed by atoms with Gasteiger partial charge in [-0.3, -0.25) is 4.79 Å². The lowest BCUT2D eigenvalue weighted by molar-refractivity contribution is -0.139. The molecule has 1 aromatic rings. The summed E-state index contributed by atoms with van der Waals surface area (Å²) in [7, 11) is 0. The fourth-order valence-corrected chi connectivity index (χ4v) is 1.76. The summed E-state index contributed by atoms with van der Waals surface area (Å²) in [6.07, 6.45) is 0. The summed E-state index contributed by atoms with van der Waals surface area (Å²) in [5.41, 5.74) is 7.61. The average Bonchev–Trinajstić information content (AvgIpc) is 2.22. The van der Waals surface area contributed by atoms with E-state index in [1.165, 1.54) is 6.07 Å². The Morgan fingerprint density at radius 3 is 2.50 bits per heavy atom. The minimum Gasteiger partial charge on any atom is -0.480 e. The van der Waals surface area contributed by atoms with E-state index < -0.39 is 23.7 Å². The quantitative estimate of drug-likeness (QED) is 0.826. The Balaban J connectivity index is 3.22. The molecule has 0 aliphatic rings. The first-order valence-corrected chi connectivity index (χ1v) is 5.10. The zero-order valence-electron chi connectivity index (χ0n) is 9.62. The van der Waals surface area contributed by atoms with Crippen molar-refractivity contribution in [1.82, 2.24) is 0 Å². The first-order chi connectivity index (χ1) is 7.36. The first-order valence-electron chi connectivity index (χ1n) is 5.10. The molecule has 0 saturated heterocycles. The van der Waals surface area contributed by atoms with Crippen LogP contribution in [0, 0.1) is 19.7 Å². The number of halogens is 1. The van der Waals surface area contributed by atoms with Gasteiger partial charge in [0.2, 0.25) is 0 Å². The highest BCUT2D eigenvalue weighted by atomic mass is 19.1. The van der Waals surface area contributed by atoms with E-state index in [1.54, 1.807) is 19.9 Å². The third-order valence-corrected chi connectivity index (χ3v) is 3.01. The molecule has 3 N–H and O–H groups in total. The molecule has 3 nitrogen and oxygen atoms in total. The van der Waals surface area contributed by atoms with E-state index in [0.717, 1.165) is 11.1 Å². The van der Waals surface area contributed by atoms with Crippen LogP contribution in [0.1, 0.15) is 29.5 Å². The van der Waals surface area contributed by atoms with Gasteiger partial charge in [-0.05, 0) is 36.6 Å². The molecule has 0 fully saturated rings. The molecule has 4 heteroatoms. The molecule has 16 heavy (non-hydrogen) atoms. The molecule has 0 unspecified atom stereocenters. The highest BCUT2D eigenvalue weighted by Crippen LogP contribution is 2.27. The summed E-state index contributed by atoms with van der Waals surface area (Å²) < 4.78 is 13.7. The maximum atomic E-state index is 13.7. The number of carboxylic acid groups (broad SMARTS) is 1. The summed E-state index contributed by atoms with van der Waals surface area (Å²) >= 11 is 0. The predicted octanol–water partition coefficient (Wildman–Crippen LogP) is 1.96. The predicted molar refractivity (Wildman–Crippen MR) is 59.9 cm³/mol. The monoisotopic (exact) mass is 225 g/mol. The van der Waals surface area contributed by atoms with Crippen LogP contribution in [-0.2, 0) is 4.79 Å². The second kappa shape index (κ2) is 4.61. The molecular formula is C12H16FNO2. The van der Waals surface area contributed by atoms with Gasteiger partial charge in [0, 0.05) is 5.92 Å². The fraction of sp³-hybridized carbons (Fsp3) is 0.417. The van der Waals surface area contributed by atoms with Crippen molar-refractivity contribution in [2.45, 2.75) is 32.7 Å². The van der Waals surface area contributed by atoms with Gasteiger partial charge in [0.25, 0.3) is 0 Å². The maximum Gasteiger partial charge on any atom is 0.321 e. The van der Waals surface area contributed by atoms with Gasteiger partial charge in [0.15, 0.2) is 0 Å². The van der Waals surface area contributed by atoms with E-state index in [2.05, 4.69) is 0 Å². The van der Waals surface area contributed by atoms with Gasteiger partial charge in [-0.15, -0.1) is 0 Å². The molecule has 0 bridgehead atoms. The molecule has 0 heterocycles. The summed E-state index contributed by atoms with van der Waals surface area (Å²) in [5, 5.41) is 8.82. The number of carbonyl (C=O) groups is 1. The number of carboxylic acids is 1. The summed E-state index contributed by atoms with van der Waals surface area (Å²) in [5.74, 6) is -2.06. The average molecular weight is 225 g/mol. The number of nitrogens with two attached hydrogens (primary N) is 1. The van der Waals surface area contributed by atoms with Crippen molar-refractivity contribution in [3.63, 3.8) is 0 Å². The van der Waals surface area contributed by atoms with Gasteiger partial charge in [0.05, 0.1) is 0 Å². The standard InChI is InChI=1S/C12H16FNO2/c1-6-4-5-9(13)10(7(6)2)8(3)11(14)12(15)16/h4-5,8,11H,14H2,1-3H3,(H,15,16)/t8-,11+/m0/s1. The molecule has 0 aliphatic carbocycles. The molecule has 1 rings (SSSR count). The molecule has 0 saturated carbocycles. The molecule has 2 atom stereocenters. The van der Waals surface area contributed by atoms with E-state index in [-0.39, 0.29) is 0 Å². The van der Waals surface area contributed by atoms with Gasteiger partial charge < -0.3 is 10.8 Å². The Morgan fingerprint density at radius 2 is 2.00 bits per heavy atom. The number of hydrogen-bond acceptors (Lipinski definition) is 2. The third kappa shape index (κ3) is 2.22. The molecular weight excluding hydrogens is 209 g/mol. The minimum atomic E-state index is -1.12. The summed E-state index contributed by atoms with van der Waals surface area (Å²) in [6, 6.07) is 1.94. The molecule has 0 amide bonds. The Morgan fingerprint density at radius 1 is 1.44 bits per heavy atom. The lowest BCUT2D eigenvalue weighted by Gasteiger charge is -2.20. The highest BCUT2D eigenvalue weighted by Gasteiger charge is 2.25. The smallest absolute Gasteiger partial charge is 0.321 e. The van der Waals surface area contributed by atoms with E-state index >= 15 is 0 Å². The van der Waals surface area contributed by atoms with Gasteiger partial charge >= 0.3 is 5.97 Å². The van der Waals surface area contributed by atoms with Crippen LogP contribution in [-0.4, -0.2) is 17.1 Å². The summed E-state index contributed by atoms with van der Waals surface area (Å²) in [4.78, 5) is 10.8. The van der Waals surface area contributed by atoms with Crippen LogP contribution >= 0.6 is 0 Å². The molecule has 1 aromatic carbocycles. The van der Waals surface area contributed by atoms with Crippen LogP contribution in [0.5, 0.6) is 0 Å². The second-order valence-electron chi connectivity index (χ2n) is 4.06. The van der Waals surface area contributed by atoms with Crippen molar-refractivity contribution in [2.75, 3.05) is 0 Å². The van der Waals surface area contributed by atoms with Crippen LogP contribution in [0.3, 0.4) is 0 Å². The van der Waals surface area contributed by atoms with E-state index in [9.17, 15) is 9.18 Å². The Bertz CT molecular complexity index is 418. The third-order valence-electron chi connectivity index (χ3n) is 3.01. The van der Waals surface area contributed by atoms with Gasteiger partial charge in [0.1, 0.15) is 11.9 Å². The van der Waals surface area contributed by atoms with Crippen LogP contribution in [0.4, 0.5) is 4.39 Å².